The Bertz CT molecular complexity index is 427. The number of nitrogens with zero attached hydrogens (tertiary/aromatic N) is 1. The van der Waals surface area contributed by atoms with E-state index in [1.807, 2.05) is 19.0 Å². The van der Waals surface area contributed by atoms with E-state index in [4.69, 9.17) is 5.11 Å². The summed E-state index contributed by atoms with van der Waals surface area (Å²) in [4.78, 5) is 13.1. The first-order valence-electron chi connectivity index (χ1n) is 5.47. The van der Waals surface area contributed by atoms with Crippen molar-refractivity contribution in [1.82, 2.24) is 10.2 Å². The second-order valence-electron chi connectivity index (χ2n) is 4.19. The van der Waals surface area contributed by atoms with Gasteiger partial charge in [-0.3, -0.25) is 10.1 Å². The molecule has 0 aliphatic carbocycles. The lowest BCUT2D eigenvalue weighted by atomic mass is 10.1. The second-order valence-corrected chi connectivity index (χ2v) is 5.11. The van der Waals surface area contributed by atoms with Gasteiger partial charge in [0.05, 0.1) is 0 Å². The van der Waals surface area contributed by atoms with Crippen molar-refractivity contribution in [3.8, 4) is 0 Å². The Balaban J connectivity index is 2.81. The van der Waals surface area contributed by atoms with E-state index in [2.05, 4.69) is 21.2 Å². The minimum Gasteiger partial charge on any atom is -0.480 e. The van der Waals surface area contributed by atoms with E-state index in [1.54, 1.807) is 6.07 Å². The Morgan fingerprint density at radius 3 is 2.72 bits per heavy atom. The van der Waals surface area contributed by atoms with Crippen LogP contribution in [0.25, 0.3) is 0 Å². The van der Waals surface area contributed by atoms with Gasteiger partial charge in [0, 0.05) is 23.1 Å². The summed E-state index contributed by atoms with van der Waals surface area (Å²) in [6.45, 7) is 1.15. The summed E-state index contributed by atoms with van der Waals surface area (Å²) in [5.74, 6) is -1.62. The molecule has 4 nitrogen and oxygen atoms in total. The van der Waals surface area contributed by atoms with Crippen molar-refractivity contribution in [3.05, 3.63) is 34.1 Å². The van der Waals surface area contributed by atoms with Crippen LogP contribution in [0, 0.1) is 5.82 Å². The average molecular weight is 319 g/mol. The molecule has 0 aliphatic heterocycles. The molecule has 0 aromatic heterocycles. The molecule has 0 aliphatic rings. The zero-order valence-electron chi connectivity index (χ0n) is 10.3. The summed E-state index contributed by atoms with van der Waals surface area (Å²) in [6, 6.07) is 3.33. The number of hydrogen-bond acceptors (Lipinski definition) is 3. The fourth-order valence-electron chi connectivity index (χ4n) is 1.50. The summed E-state index contributed by atoms with van der Waals surface area (Å²) in [5, 5.41) is 12.0. The van der Waals surface area contributed by atoms with Crippen LogP contribution in [0.5, 0.6) is 0 Å². The molecule has 6 heteroatoms. The molecule has 0 fully saturated rings. The highest BCUT2D eigenvalue weighted by molar-refractivity contribution is 9.10. The normalized spacial score (nSPS) is 12.7. The van der Waals surface area contributed by atoms with Gasteiger partial charge in [-0.25, -0.2) is 4.39 Å². The molecule has 0 radical (unpaired) electrons. The van der Waals surface area contributed by atoms with Gasteiger partial charge in [-0.2, -0.15) is 0 Å². The number of hydrogen-bond donors (Lipinski definition) is 2. The molecular weight excluding hydrogens is 303 g/mol. The molecule has 0 heterocycles. The third-order valence-corrected chi connectivity index (χ3v) is 2.92. The van der Waals surface area contributed by atoms with Crippen molar-refractivity contribution in [2.45, 2.75) is 6.04 Å². The first-order chi connectivity index (χ1) is 8.41. The second kappa shape index (κ2) is 6.82. The van der Waals surface area contributed by atoms with Crippen molar-refractivity contribution >= 4 is 21.9 Å². The van der Waals surface area contributed by atoms with Crippen molar-refractivity contribution < 1.29 is 14.3 Å². The van der Waals surface area contributed by atoms with E-state index in [1.165, 1.54) is 12.1 Å². The number of likely N-dealkylation sites (N-methyl/N-ethyl adjacent to an activating group) is 1. The number of nitrogens with one attached hydrogen (secondary N) is 1. The van der Waals surface area contributed by atoms with Crippen LogP contribution in [0.4, 0.5) is 4.39 Å². The molecule has 0 saturated carbocycles. The van der Waals surface area contributed by atoms with Crippen LogP contribution in [0.3, 0.4) is 0 Å². The monoisotopic (exact) mass is 318 g/mol. The first kappa shape index (κ1) is 15.1. The maximum Gasteiger partial charge on any atom is 0.325 e. The Hall–Kier alpha value is -0.980. The van der Waals surface area contributed by atoms with Gasteiger partial charge < -0.3 is 10.0 Å². The molecule has 0 spiro atoms. The third-order valence-electron chi connectivity index (χ3n) is 2.43. The topological polar surface area (TPSA) is 52.6 Å². The van der Waals surface area contributed by atoms with E-state index in [9.17, 15) is 9.18 Å². The number of aliphatic carboxylic acids is 1. The van der Waals surface area contributed by atoms with Gasteiger partial charge in [-0.05, 0) is 26.2 Å². The van der Waals surface area contributed by atoms with E-state index >= 15 is 0 Å². The van der Waals surface area contributed by atoms with Gasteiger partial charge in [0.15, 0.2) is 0 Å². The maximum absolute atomic E-state index is 13.7. The highest BCUT2D eigenvalue weighted by Gasteiger charge is 2.22. The Kier molecular flexibility index (Phi) is 5.71. The van der Waals surface area contributed by atoms with Crippen LogP contribution < -0.4 is 5.32 Å². The number of rotatable bonds is 6. The molecule has 18 heavy (non-hydrogen) atoms. The van der Waals surface area contributed by atoms with Gasteiger partial charge in [0.1, 0.15) is 11.9 Å². The standard InChI is InChI=1S/C12H16BrFN2O2/c1-16(2)6-5-15-11(12(17)18)9-4-3-8(13)7-10(9)14/h3-4,7,11,15H,5-6H2,1-2H3,(H,17,18). The van der Waals surface area contributed by atoms with E-state index in [0.29, 0.717) is 17.6 Å². The number of carbonyl (C=O) groups is 1. The quantitative estimate of drug-likeness (QED) is 0.840. The molecule has 1 atom stereocenters. The van der Waals surface area contributed by atoms with Crippen molar-refractivity contribution in [1.29, 1.82) is 0 Å². The SMILES string of the molecule is CN(C)CCNC(C(=O)O)c1ccc(Br)cc1F. The molecule has 0 amide bonds. The van der Waals surface area contributed by atoms with Gasteiger partial charge in [-0.1, -0.05) is 22.0 Å². The first-order valence-corrected chi connectivity index (χ1v) is 6.27. The smallest absolute Gasteiger partial charge is 0.325 e. The lowest BCUT2D eigenvalue weighted by Gasteiger charge is -2.17. The van der Waals surface area contributed by atoms with Gasteiger partial charge >= 0.3 is 5.97 Å². The van der Waals surface area contributed by atoms with Gasteiger partial charge in [0.25, 0.3) is 0 Å². The minimum atomic E-state index is -1.09. The number of halogens is 2. The Labute approximate surface area is 114 Å². The average Bonchev–Trinajstić information content (AvgIpc) is 2.25. The van der Waals surface area contributed by atoms with E-state index in [-0.39, 0.29) is 5.56 Å². The molecule has 0 bridgehead atoms. The zero-order valence-corrected chi connectivity index (χ0v) is 11.9. The molecule has 1 aromatic carbocycles. The summed E-state index contributed by atoms with van der Waals surface area (Å²) in [5.41, 5.74) is 0.143. The molecule has 1 rings (SSSR count). The Morgan fingerprint density at radius 1 is 1.56 bits per heavy atom. The van der Waals surface area contributed by atoms with Crippen molar-refractivity contribution in [2.24, 2.45) is 0 Å². The number of carboxylic acids is 1. The number of carboxylic acid groups (broad SMARTS) is 1. The lowest BCUT2D eigenvalue weighted by Crippen LogP contribution is -2.34. The molecule has 1 aromatic rings. The predicted molar refractivity (Wildman–Crippen MR) is 71.0 cm³/mol. The van der Waals surface area contributed by atoms with Crippen LogP contribution in [0.1, 0.15) is 11.6 Å². The van der Waals surface area contributed by atoms with Crippen LogP contribution in [-0.4, -0.2) is 43.2 Å². The van der Waals surface area contributed by atoms with E-state index in [0.717, 1.165) is 0 Å². The highest BCUT2D eigenvalue weighted by atomic mass is 79.9. The molecule has 1 unspecified atom stereocenters. The van der Waals surface area contributed by atoms with Crippen molar-refractivity contribution in [2.75, 3.05) is 27.2 Å². The predicted octanol–water partition coefficient (Wildman–Crippen LogP) is 1.87. The van der Waals surface area contributed by atoms with Gasteiger partial charge in [-0.15, -0.1) is 0 Å². The van der Waals surface area contributed by atoms with Crippen LogP contribution in [0.2, 0.25) is 0 Å². The molecular formula is C12H16BrFN2O2. The maximum atomic E-state index is 13.7. The summed E-state index contributed by atoms with van der Waals surface area (Å²) < 4.78 is 14.3. The fraction of sp³-hybridized carbons (Fsp3) is 0.417. The fourth-order valence-corrected chi connectivity index (χ4v) is 1.83. The lowest BCUT2D eigenvalue weighted by molar-refractivity contribution is -0.139. The number of benzene rings is 1. The minimum absolute atomic E-state index is 0.143. The summed E-state index contributed by atoms with van der Waals surface area (Å²) in [7, 11) is 3.77. The van der Waals surface area contributed by atoms with Crippen molar-refractivity contribution in [3.63, 3.8) is 0 Å². The Morgan fingerprint density at radius 2 is 2.22 bits per heavy atom. The highest BCUT2D eigenvalue weighted by Crippen LogP contribution is 2.21. The van der Waals surface area contributed by atoms with Gasteiger partial charge in [0.2, 0.25) is 0 Å². The van der Waals surface area contributed by atoms with E-state index < -0.39 is 17.8 Å². The van der Waals surface area contributed by atoms with Crippen LogP contribution >= 0.6 is 15.9 Å². The molecule has 2 N–H and O–H groups in total. The summed E-state index contributed by atoms with van der Waals surface area (Å²) >= 11 is 3.14. The molecule has 0 saturated heterocycles. The summed E-state index contributed by atoms with van der Waals surface area (Å²) in [6.07, 6.45) is 0. The third kappa shape index (κ3) is 4.36. The largest absolute Gasteiger partial charge is 0.480 e. The van der Waals surface area contributed by atoms with Crippen LogP contribution in [-0.2, 0) is 4.79 Å². The van der Waals surface area contributed by atoms with Crippen LogP contribution in [0.15, 0.2) is 22.7 Å². The zero-order chi connectivity index (χ0) is 13.7. The molecule has 100 valence electrons.